The van der Waals surface area contributed by atoms with E-state index in [0.717, 1.165) is 23.3 Å². The highest BCUT2D eigenvalue weighted by molar-refractivity contribution is 6.51. The fraction of sp³-hybridized carbons (Fsp3) is 0.241. The van der Waals surface area contributed by atoms with Gasteiger partial charge in [0.05, 0.1) is 17.7 Å². The van der Waals surface area contributed by atoms with Crippen molar-refractivity contribution in [3.8, 4) is 11.5 Å². The Kier molecular flexibility index (Phi) is 7.22. The van der Waals surface area contributed by atoms with Gasteiger partial charge < -0.3 is 14.6 Å². The van der Waals surface area contributed by atoms with Gasteiger partial charge in [-0.2, -0.15) is 0 Å². The Hall–Kier alpha value is -4.27. The minimum Gasteiger partial charge on any atom is -0.507 e. The van der Waals surface area contributed by atoms with Gasteiger partial charge in [0, 0.05) is 11.3 Å². The lowest BCUT2D eigenvalue weighted by molar-refractivity contribution is -0.274. The Balaban J connectivity index is 1.84. The zero-order valence-electron chi connectivity index (χ0n) is 21.2. The second kappa shape index (κ2) is 10.2. The van der Waals surface area contributed by atoms with E-state index in [1.807, 2.05) is 26.8 Å². The minimum atomic E-state index is -4.87. The Morgan fingerprint density at radius 1 is 0.974 bits per heavy atom. The van der Waals surface area contributed by atoms with Crippen LogP contribution in [0.5, 0.6) is 11.5 Å². The lowest BCUT2D eigenvalue weighted by Gasteiger charge is -2.26. The summed E-state index contributed by atoms with van der Waals surface area (Å²) in [5.41, 5.74) is 2.50. The van der Waals surface area contributed by atoms with E-state index in [-0.39, 0.29) is 23.1 Å². The van der Waals surface area contributed by atoms with E-state index in [1.165, 1.54) is 17.0 Å². The van der Waals surface area contributed by atoms with E-state index in [0.29, 0.717) is 16.9 Å². The Morgan fingerprint density at radius 3 is 2.24 bits per heavy atom. The van der Waals surface area contributed by atoms with E-state index >= 15 is 0 Å². The summed E-state index contributed by atoms with van der Waals surface area (Å²) in [6, 6.07) is 15.7. The van der Waals surface area contributed by atoms with Gasteiger partial charge >= 0.3 is 6.36 Å². The normalized spacial score (nSPS) is 17.3. The third kappa shape index (κ3) is 5.51. The van der Waals surface area contributed by atoms with Gasteiger partial charge in [0.2, 0.25) is 0 Å². The number of nitrogens with zero attached hydrogens (tertiary/aromatic N) is 1. The van der Waals surface area contributed by atoms with Crippen molar-refractivity contribution in [1.29, 1.82) is 0 Å². The molecule has 1 amide bonds. The molecule has 1 saturated heterocycles. The van der Waals surface area contributed by atoms with E-state index in [4.69, 9.17) is 4.74 Å². The number of hydrogen-bond donors (Lipinski definition) is 1. The van der Waals surface area contributed by atoms with E-state index < -0.39 is 29.8 Å². The van der Waals surface area contributed by atoms with Crippen LogP contribution in [0.1, 0.15) is 42.1 Å². The van der Waals surface area contributed by atoms with Crippen molar-refractivity contribution in [2.75, 3.05) is 4.90 Å². The Morgan fingerprint density at radius 2 is 1.66 bits per heavy atom. The summed E-state index contributed by atoms with van der Waals surface area (Å²) in [5.74, 6) is -2.05. The SMILES string of the molecule is Cc1cccc(C2/C(=C(/O)c3ccc(OC(C)C)c(C)c3)C(=O)C(=O)N2c2ccc(OC(F)(F)F)cc2)c1. The van der Waals surface area contributed by atoms with Gasteiger partial charge in [-0.25, -0.2) is 0 Å². The number of Topliss-reactive ketones (excluding diaryl/α,β-unsaturated/α-hetero) is 1. The topological polar surface area (TPSA) is 76.1 Å². The van der Waals surface area contributed by atoms with Crippen LogP contribution in [-0.4, -0.2) is 29.3 Å². The smallest absolute Gasteiger partial charge is 0.507 e. The number of carbonyl (C=O) groups excluding carboxylic acids is 2. The number of aliphatic hydroxyl groups excluding tert-OH is 1. The number of aliphatic hydroxyl groups is 1. The maximum absolute atomic E-state index is 13.3. The number of alkyl halides is 3. The summed E-state index contributed by atoms with van der Waals surface area (Å²) in [4.78, 5) is 27.8. The van der Waals surface area contributed by atoms with Crippen LogP contribution in [-0.2, 0) is 9.59 Å². The second-order valence-electron chi connectivity index (χ2n) is 9.27. The van der Waals surface area contributed by atoms with Crippen LogP contribution in [0.15, 0.2) is 72.3 Å². The van der Waals surface area contributed by atoms with Crippen LogP contribution in [0.25, 0.3) is 5.76 Å². The molecule has 3 aromatic rings. The summed E-state index contributed by atoms with van der Waals surface area (Å²) < 4.78 is 47.5. The average Bonchev–Trinajstić information content (AvgIpc) is 3.09. The molecule has 0 aromatic heterocycles. The van der Waals surface area contributed by atoms with Crippen molar-refractivity contribution < 1.29 is 37.3 Å². The molecular formula is C29H26F3NO5. The van der Waals surface area contributed by atoms with Crippen molar-refractivity contribution in [3.05, 3.63) is 94.6 Å². The molecule has 38 heavy (non-hydrogen) atoms. The molecule has 1 N–H and O–H groups in total. The van der Waals surface area contributed by atoms with Gasteiger partial charge in [-0.15, -0.1) is 13.2 Å². The molecule has 1 aliphatic rings. The highest BCUT2D eigenvalue weighted by atomic mass is 19.4. The maximum Gasteiger partial charge on any atom is 0.573 e. The molecule has 0 saturated carbocycles. The monoisotopic (exact) mass is 525 g/mol. The first kappa shape index (κ1) is 26.8. The molecule has 198 valence electrons. The molecule has 4 rings (SSSR count). The van der Waals surface area contributed by atoms with Crippen LogP contribution >= 0.6 is 0 Å². The van der Waals surface area contributed by atoms with E-state index in [9.17, 15) is 27.9 Å². The van der Waals surface area contributed by atoms with Gasteiger partial charge in [0.15, 0.2) is 0 Å². The molecule has 1 atom stereocenters. The number of amides is 1. The Labute approximate surface area is 217 Å². The molecule has 0 radical (unpaired) electrons. The number of aryl methyl sites for hydroxylation is 2. The molecule has 6 nitrogen and oxygen atoms in total. The first-order valence-corrected chi connectivity index (χ1v) is 11.9. The molecule has 9 heteroatoms. The molecule has 1 unspecified atom stereocenters. The number of ether oxygens (including phenoxy) is 2. The van der Waals surface area contributed by atoms with Crippen molar-refractivity contribution in [2.45, 2.75) is 46.2 Å². The van der Waals surface area contributed by atoms with E-state index in [1.54, 1.807) is 43.3 Å². The number of ketones is 1. The van der Waals surface area contributed by atoms with Gasteiger partial charge in [-0.05, 0) is 81.3 Å². The van der Waals surface area contributed by atoms with E-state index in [2.05, 4.69) is 4.74 Å². The summed E-state index contributed by atoms with van der Waals surface area (Å²) in [5, 5.41) is 11.3. The zero-order chi connectivity index (χ0) is 27.8. The molecule has 1 heterocycles. The zero-order valence-corrected chi connectivity index (χ0v) is 21.2. The first-order chi connectivity index (χ1) is 17.9. The van der Waals surface area contributed by atoms with Gasteiger partial charge in [-0.3, -0.25) is 14.5 Å². The third-order valence-corrected chi connectivity index (χ3v) is 5.96. The molecule has 0 aliphatic carbocycles. The lowest BCUT2D eigenvalue weighted by Crippen LogP contribution is -2.29. The van der Waals surface area contributed by atoms with Gasteiger partial charge in [0.1, 0.15) is 17.3 Å². The van der Waals surface area contributed by atoms with Crippen LogP contribution < -0.4 is 14.4 Å². The van der Waals surface area contributed by atoms with Crippen molar-refractivity contribution in [2.24, 2.45) is 0 Å². The van der Waals surface area contributed by atoms with Crippen molar-refractivity contribution in [1.82, 2.24) is 0 Å². The van der Waals surface area contributed by atoms with Crippen molar-refractivity contribution >= 4 is 23.1 Å². The summed E-state index contributed by atoms with van der Waals surface area (Å²) >= 11 is 0. The first-order valence-electron chi connectivity index (χ1n) is 11.9. The molecule has 1 aliphatic heterocycles. The second-order valence-corrected chi connectivity index (χ2v) is 9.27. The average molecular weight is 526 g/mol. The minimum absolute atomic E-state index is 0.0623. The number of rotatable bonds is 6. The predicted molar refractivity (Wildman–Crippen MR) is 136 cm³/mol. The number of halogens is 3. The molecule has 0 bridgehead atoms. The summed E-state index contributed by atoms with van der Waals surface area (Å²) in [6.07, 6.45) is -4.94. The van der Waals surface area contributed by atoms with Crippen molar-refractivity contribution in [3.63, 3.8) is 0 Å². The number of carbonyl (C=O) groups is 2. The fourth-order valence-corrected chi connectivity index (χ4v) is 4.40. The van der Waals surface area contributed by atoms with Crippen LogP contribution in [0.3, 0.4) is 0 Å². The Bertz CT molecular complexity index is 1410. The molecule has 1 fully saturated rings. The third-order valence-electron chi connectivity index (χ3n) is 5.96. The maximum atomic E-state index is 13.3. The van der Waals surface area contributed by atoms with Crippen LogP contribution in [0.4, 0.5) is 18.9 Å². The molecular weight excluding hydrogens is 499 g/mol. The number of hydrogen-bond acceptors (Lipinski definition) is 5. The van der Waals surface area contributed by atoms with Crippen LogP contribution in [0.2, 0.25) is 0 Å². The molecule has 3 aromatic carbocycles. The highest BCUT2D eigenvalue weighted by Crippen LogP contribution is 2.43. The van der Waals surface area contributed by atoms with Crippen LogP contribution in [0, 0.1) is 13.8 Å². The highest BCUT2D eigenvalue weighted by Gasteiger charge is 2.47. The fourth-order valence-electron chi connectivity index (χ4n) is 4.40. The quantitative estimate of drug-likeness (QED) is 0.223. The number of anilines is 1. The number of benzene rings is 3. The largest absolute Gasteiger partial charge is 0.573 e. The van der Waals surface area contributed by atoms with Gasteiger partial charge in [-0.1, -0.05) is 29.8 Å². The molecule has 0 spiro atoms. The summed E-state index contributed by atoms with van der Waals surface area (Å²) in [6.45, 7) is 7.42. The summed E-state index contributed by atoms with van der Waals surface area (Å²) in [7, 11) is 0. The lowest BCUT2D eigenvalue weighted by atomic mass is 9.94. The predicted octanol–water partition coefficient (Wildman–Crippen LogP) is 6.62. The van der Waals surface area contributed by atoms with Gasteiger partial charge in [0.25, 0.3) is 11.7 Å². The standard InChI is InChI=1S/C29H26F3NO5/c1-16(2)37-23-13-8-20(15-18(23)4)26(34)24-25(19-7-5-6-17(3)14-19)33(28(36)27(24)35)21-9-11-22(12-10-21)38-29(30,31)32/h5-16,25,34H,1-4H3/b26-24-.